The number of benzene rings is 1. The molecule has 0 N–H and O–H groups in total. The third-order valence-electron chi connectivity index (χ3n) is 3.64. The number of hydrogen-bond donors (Lipinski definition) is 0. The van der Waals surface area contributed by atoms with Gasteiger partial charge in [-0.15, -0.1) is 0 Å². The molecule has 0 unspecified atom stereocenters. The summed E-state index contributed by atoms with van der Waals surface area (Å²) in [5, 5.41) is 25.7. The quantitative estimate of drug-likeness (QED) is 0.247. The summed E-state index contributed by atoms with van der Waals surface area (Å²) >= 11 is 1.16. The maximum atomic E-state index is 12.1. The summed E-state index contributed by atoms with van der Waals surface area (Å²) < 4.78 is 11.5. The predicted octanol–water partition coefficient (Wildman–Crippen LogP) is 1.72. The molecule has 0 bridgehead atoms. The molecule has 0 saturated heterocycles. The smallest absolute Gasteiger partial charge is 0.320 e. The highest BCUT2D eigenvalue weighted by molar-refractivity contribution is 7.99. The van der Waals surface area contributed by atoms with Gasteiger partial charge in [0.2, 0.25) is 11.8 Å². The molecule has 0 aliphatic heterocycles. The number of methoxy groups -OCH3 is 1. The van der Waals surface area contributed by atoms with Crippen LogP contribution in [0.3, 0.4) is 0 Å². The second-order valence-electron chi connectivity index (χ2n) is 5.62. The van der Waals surface area contributed by atoms with E-state index in [9.17, 15) is 10.4 Å². The van der Waals surface area contributed by atoms with Gasteiger partial charge < -0.3 is 9.84 Å². The van der Waals surface area contributed by atoms with E-state index in [1.54, 1.807) is 19.2 Å². The molecule has 8 nitrogen and oxygen atoms in total. The average Bonchev–Trinajstić information content (AvgIpc) is 3.18. The van der Waals surface area contributed by atoms with Crippen LogP contribution in [0.5, 0.6) is 0 Å². The highest BCUT2D eigenvalue weighted by Crippen LogP contribution is 2.25. The number of aromatic nitrogens is 3. The van der Waals surface area contributed by atoms with Crippen LogP contribution in [0.2, 0.25) is 0 Å². The molecule has 28 heavy (non-hydrogen) atoms. The van der Waals surface area contributed by atoms with Gasteiger partial charge in [0.1, 0.15) is 17.7 Å². The zero-order valence-corrected chi connectivity index (χ0v) is 15.9. The van der Waals surface area contributed by atoms with Crippen LogP contribution in [-0.4, -0.2) is 35.6 Å². The Labute approximate surface area is 166 Å². The van der Waals surface area contributed by atoms with Crippen LogP contribution in [-0.2, 0) is 11.3 Å². The highest BCUT2D eigenvalue weighted by Gasteiger charge is 2.11. The van der Waals surface area contributed by atoms with E-state index < -0.39 is 5.90 Å². The monoisotopic (exact) mass is 395 g/mol. The largest absolute Gasteiger partial charge is 0.861 e. The number of thioether (sulfide) groups is 1. The third kappa shape index (κ3) is 5.16. The van der Waals surface area contributed by atoms with Crippen molar-refractivity contribution in [3.8, 4) is 17.3 Å². The van der Waals surface area contributed by atoms with Gasteiger partial charge in [0.05, 0.1) is 11.3 Å². The van der Waals surface area contributed by atoms with E-state index in [4.69, 9.17) is 9.26 Å². The van der Waals surface area contributed by atoms with Crippen molar-refractivity contribution < 1.29 is 19.0 Å². The normalized spacial score (nSPS) is 11.4. The fourth-order valence-corrected chi connectivity index (χ4v) is 3.06. The minimum atomic E-state index is -0.407. The number of rotatable bonds is 8. The molecule has 3 aromatic rings. The second kappa shape index (κ2) is 9.64. The van der Waals surface area contributed by atoms with Gasteiger partial charge in [-0.25, -0.2) is 9.98 Å². The number of aliphatic imine (C=N–C) groups is 1. The molecule has 0 aliphatic rings. The van der Waals surface area contributed by atoms with Crippen molar-refractivity contribution in [1.82, 2.24) is 10.3 Å². The van der Waals surface area contributed by atoms with E-state index in [0.29, 0.717) is 23.7 Å². The maximum Gasteiger partial charge on any atom is 0.320 e. The molecule has 0 amide bonds. The van der Waals surface area contributed by atoms with Crippen molar-refractivity contribution in [2.45, 2.75) is 11.6 Å². The molecule has 0 aliphatic carbocycles. The van der Waals surface area contributed by atoms with Gasteiger partial charge in [0.15, 0.2) is 0 Å². The Morgan fingerprint density at radius 3 is 2.89 bits per heavy atom. The fourth-order valence-electron chi connectivity index (χ4n) is 2.30. The third-order valence-corrected chi connectivity index (χ3v) is 4.62. The van der Waals surface area contributed by atoms with E-state index in [2.05, 4.69) is 21.3 Å². The van der Waals surface area contributed by atoms with Crippen molar-refractivity contribution in [1.29, 1.82) is 5.26 Å². The molecule has 2 aromatic heterocycles. The van der Waals surface area contributed by atoms with Gasteiger partial charge in [-0.2, -0.15) is 5.26 Å². The van der Waals surface area contributed by atoms with Crippen LogP contribution < -0.4 is 9.79 Å². The molecule has 9 heteroatoms. The fraction of sp³-hybridized carbons (Fsp3) is 0.211. The lowest BCUT2D eigenvalue weighted by Crippen LogP contribution is -2.36. The van der Waals surface area contributed by atoms with Crippen molar-refractivity contribution in [2.75, 3.05) is 19.5 Å². The number of pyridine rings is 1. The van der Waals surface area contributed by atoms with Crippen LogP contribution in [0.25, 0.3) is 11.3 Å². The van der Waals surface area contributed by atoms with Crippen LogP contribution >= 0.6 is 11.8 Å². The van der Waals surface area contributed by atoms with Crippen LogP contribution in [0.4, 0.5) is 5.88 Å². The zero-order chi connectivity index (χ0) is 19.8. The van der Waals surface area contributed by atoms with Gasteiger partial charge in [0, 0.05) is 18.4 Å². The summed E-state index contributed by atoms with van der Waals surface area (Å²) in [6, 6.07) is 15.2. The molecule has 0 saturated carbocycles. The van der Waals surface area contributed by atoms with E-state index in [1.165, 1.54) is 10.9 Å². The Hall–Kier alpha value is -3.22. The van der Waals surface area contributed by atoms with Gasteiger partial charge in [-0.05, 0) is 22.7 Å². The number of hydrogen-bond acceptors (Lipinski definition) is 8. The molecular weight excluding hydrogens is 378 g/mol. The number of nitriles is 1. The summed E-state index contributed by atoms with van der Waals surface area (Å²) in [7, 11) is 1.59. The average molecular weight is 395 g/mol. The van der Waals surface area contributed by atoms with Gasteiger partial charge in [-0.1, -0.05) is 42.1 Å². The van der Waals surface area contributed by atoms with Crippen molar-refractivity contribution in [2.24, 2.45) is 4.99 Å². The molecule has 0 radical (unpaired) electrons. The minimum absolute atomic E-state index is 0.0265. The van der Waals surface area contributed by atoms with E-state index in [0.717, 1.165) is 23.0 Å². The first kappa shape index (κ1) is 19.5. The molecular formula is C19H17N5O3S. The minimum Gasteiger partial charge on any atom is -0.861 e. The maximum absolute atomic E-state index is 12.1. The summed E-state index contributed by atoms with van der Waals surface area (Å²) in [6.45, 7) is 0.973. The van der Waals surface area contributed by atoms with Gasteiger partial charge >= 0.3 is 5.88 Å². The Morgan fingerprint density at radius 1 is 1.32 bits per heavy atom. The SMILES string of the molecule is COCC[n+]1cc(/N=C(\[O-])CSc2nc(-c3ccccc3)ccc2C#N)on1. The Balaban J connectivity index is 1.71. The Morgan fingerprint density at radius 2 is 2.14 bits per heavy atom. The number of ether oxygens (including phenoxy) is 1. The topological polar surface area (TPSA) is 111 Å². The predicted molar refractivity (Wildman–Crippen MR) is 101 cm³/mol. The standard InChI is InChI=1S/C19H17N5O3S/c1-26-10-9-24-12-18(27-23-24)22-17(25)13-28-19-15(11-20)7-8-16(21-19)14-5-3-2-4-6-14/h2-8,12H,9-10,13H2,1H3. The lowest BCUT2D eigenvalue weighted by Gasteiger charge is -2.10. The lowest BCUT2D eigenvalue weighted by atomic mass is 10.1. The summed E-state index contributed by atoms with van der Waals surface area (Å²) in [4.78, 5) is 8.40. The molecule has 3 rings (SSSR count). The molecule has 0 fully saturated rings. The van der Waals surface area contributed by atoms with Gasteiger partial charge in [0.25, 0.3) is 6.20 Å². The summed E-state index contributed by atoms with van der Waals surface area (Å²) in [6.07, 6.45) is 1.52. The van der Waals surface area contributed by atoms with E-state index in [-0.39, 0.29) is 11.6 Å². The highest BCUT2D eigenvalue weighted by atomic mass is 32.2. The zero-order valence-electron chi connectivity index (χ0n) is 15.1. The molecule has 2 heterocycles. The molecule has 142 valence electrons. The second-order valence-corrected chi connectivity index (χ2v) is 6.58. The van der Waals surface area contributed by atoms with Crippen LogP contribution in [0.1, 0.15) is 5.56 Å². The first-order chi connectivity index (χ1) is 13.7. The van der Waals surface area contributed by atoms with E-state index >= 15 is 0 Å². The summed E-state index contributed by atoms with van der Waals surface area (Å²) in [5.74, 6) is -0.261. The molecule has 0 spiro atoms. The van der Waals surface area contributed by atoms with Gasteiger partial charge in [-0.3, -0.25) is 4.52 Å². The van der Waals surface area contributed by atoms with Crippen molar-refractivity contribution in [3.63, 3.8) is 0 Å². The van der Waals surface area contributed by atoms with E-state index in [1.807, 2.05) is 30.3 Å². The first-order valence-corrected chi connectivity index (χ1v) is 9.37. The van der Waals surface area contributed by atoms with Crippen molar-refractivity contribution in [3.05, 3.63) is 54.2 Å². The Bertz CT molecular complexity index is 998. The summed E-state index contributed by atoms with van der Waals surface area (Å²) in [5.41, 5.74) is 2.09. The lowest BCUT2D eigenvalue weighted by molar-refractivity contribution is -0.763. The molecule has 0 atom stereocenters. The first-order valence-electron chi connectivity index (χ1n) is 8.39. The Kier molecular flexibility index (Phi) is 6.73. The van der Waals surface area contributed by atoms with Crippen molar-refractivity contribution >= 4 is 23.5 Å². The number of nitrogens with zero attached hydrogens (tertiary/aromatic N) is 5. The van der Waals surface area contributed by atoms with Crippen LogP contribution in [0.15, 0.2) is 63.2 Å². The molecule has 1 aromatic carbocycles. The van der Waals surface area contributed by atoms with Crippen LogP contribution in [0, 0.1) is 11.3 Å².